The van der Waals surface area contributed by atoms with E-state index in [-0.39, 0.29) is 11.2 Å². The van der Waals surface area contributed by atoms with Crippen molar-refractivity contribution >= 4 is 11.2 Å². The first kappa shape index (κ1) is 16.3. The van der Waals surface area contributed by atoms with E-state index < -0.39 is 30.1 Å². The van der Waals surface area contributed by atoms with Crippen LogP contribution in [0.4, 0.5) is 13.2 Å². The molecule has 1 unspecified atom stereocenters. The molecule has 22 heavy (non-hydrogen) atoms. The minimum Gasteiger partial charge on any atom is -0.382 e. The Hall–Kier alpha value is -2.10. The van der Waals surface area contributed by atoms with Crippen LogP contribution in [0.2, 0.25) is 0 Å². The number of aliphatic hydroxyl groups is 1. The predicted molar refractivity (Wildman–Crippen MR) is 71.6 cm³/mol. The zero-order chi connectivity index (χ0) is 16.7. The molecular weight excluding hydrogens is 305 g/mol. The van der Waals surface area contributed by atoms with Crippen LogP contribution in [0.15, 0.2) is 15.9 Å². The second-order valence-electron chi connectivity index (χ2n) is 4.92. The molecule has 0 saturated heterocycles. The van der Waals surface area contributed by atoms with E-state index in [0.29, 0.717) is 17.5 Å². The van der Waals surface area contributed by atoms with Crippen LogP contribution in [-0.2, 0) is 20.1 Å². The standard InChI is InChI=1S/C12H15F3N4O3/c1-3-4-18-6-16-9-8(18)10(21)19(11(22)17(9)2)5-7(20)12(13,14)15/h6-7,20H,3-5H2,1-2H3. The fourth-order valence-corrected chi connectivity index (χ4v) is 2.17. The fourth-order valence-electron chi connectivity index (χ4n) is 2.17. The number of halogens is 3. The van der Waals surface area contributed by atoms with Gasteiger partial charge in [-0.2, -0.15) is 13.2 Å². The third-order valence-corrected chi connectivity index (χ3v) is 3.30. The summed E-state index contributed by atoms with van der Waals surface area (Å²) in [4.78, 5) is 28.3. The van der Waals surface area contributed by atoms with Gasteiger partial charge in [0.2, 0.25) is 0 Å². The maximum atomic E-state index is 12.5. The molecule has 2 aromatic rings. The Morgan fingerprint density at radius 2 is 2.00 bits per heavy atom. The van der Waals surface area contributed by atoms with E-state index >= 15 is 0 Å². The Balaban J connectivity index is 2.67. The Morgan fingerprint density at radius 3 is 2.55 bits per heavy atom. The summed E-state index contributed by atoms with van der Waals surface area (Å²) in [5.74, 6) is 0. The van der Waals surface area contributed by atoms with Crippen LogP contribution in [0.5, 0.6) is 0 Å². The first-order valence-corrected chi connectivity index (χ1v) is 6.58. The highest BCUT2D eigenvalue weighted by Gasteiger charge is 2.39. The second kappa shape index (κ2) is 5.59. The number of rotatable bonds is 4. The van der Waals surface area contributed by atoms with Crippen molar-refractivity contribution in [3.8, 4) is 0 Å². The highest BCUT2D eigenvalue weighted by molar-refractivity contribution is 5.69. The van der Waals surface area contributed by atoms with E-state index in [1.165, 1.54) is 17.9 Å². The minimum atomic E-state index is -4.91. The molecule has 0 fully saturated rings. The predicted octanol–water partition coefficient (Wildman–Crippen LogP) is 0.230. The molecule has 1 N–H and O–H groups in total. The Morgan fingerprint density at radius 1 is 1.36 bits per heavy atom. The van der Waals surface area contributed by atoms with Crippen LogP contribution < -0.4 is 11.2 Å². The van der Waals surface area contributed by atoms with Crippen LogP contribution in [0.1, 0.15) is 13.3 Å². The van der Waals surface area contributed by atoms with Crippen LogP contribution in [-0.4, -0.2) is 36.1 Å². The van der Waals surface area contributed by atoms with Crippen molar-refractivity contribution in [2.45, 2.75) is 38.7 Å². The number of aliphatic hydroxyl groups excluding tert-OH is 1. The topological polar surface area (TPSA) is 82.1 Å². The van der Waals surface area contributed by atoms with Gasteiger partial charge in [-0.1, -0.05) is 6.92 Å². The van der Waals surface area contributed by atoms with Gasteiger partial charge in [-0.15, -0.1) is 0 Å². The summed E-state index contributed by atoms with van der Waals surface area (Å²) >= 11 is 0. The number of fused-ring (bicyclic) bond motifs is 1. The quantitative estimate of drug-likeness (QED) is 0.874. The monoisotopic (exact) mass is 320 g/mol. The van der Waals surface area contributed by atoms with E-state index in [9.17, 15) is 22.8 Å². The van der Waals surface area contributed by atoms with Gasteiger partial charge in [0.25, 0.3) is 5.56 Å². The van der Waals surface area contributed by atoms with Gasteiger partial charge in [0.15, 0.2) is 17.3 Å². The lowest BCUT2D eigenvalue weighted by Gasteiger charge is -2.16. The lowest BCUT2D eigenvalue weighted by molar-refractivity contribution is -0.207. The summed E-state index contributed by atoms with van der Waals surface area (Å²) in [6, 6.07) is 0. The van der Waals surface area contributed by atoms with Crippen LogP contribution in [0.3, 0.4) is 0 Å². The van der Waals surface area contributed by atoms with Gasteiger partial charge in [-0.05, 0) is 6.42 Å². The summed E-state index contributed by atoms with van der Waals surface area (Å²) in [7, 11) is 1.31. The lowest BCUT2D eigenvalue weighted by Crippen LogP contribution is -2.45. The molecule has 0 aliphatic carbocycles. The van der Waals surface area contributed by atoms with Crippen LogP contribution >= 0.6 is 0 Å². The van der Waals surface area contributed by atoms with Crippen molar-refractivity contribution in [2.75, 3.05) is 0 Å². The zero-order valence-corrected chi connectivity index (χ0v) is 12.0. The average molecular weight is 320 g/mol. The van der Waals surface area contributed by atoms with E-state index in [4.69, 9.17) is 5.11 Å². The molecule has 2 aromatic heterocycles. The fraction of sp³-hybridized carbons (Fsp3) is 0.583. The number of nitrogens with zero attached hydrogens (tertiary/aromatic N) is 4. The maximum Gasteiger partial charge on any atom is 0.416 e. The van der Waals surface area contributed by atoms with E-state index in [1.807, 2.05) is 6.92 Å². The molecule has 2 heterocycles. The van der Waals surface area contributed by atoms with Crippen LogP contribution in [0, 0.1) is 0 Å². The number of hydrogen-bond donors (Lipinski definition) is 1. The Bertz CT molecular complexity index is 803. The molecule has 0 aromatic carbocycles. The second-order valence-corrected chi connectivity index (χ2v) is 4.92. The maximum absolute atomic E-state index is 12.5. The average Bonchev–Trinajstić information content (AvgIpc) is 2.84. The first-order valence-electron chi connectivity index (χ1n) is 6.58. The van der Waals surface area contributed by atoms with Gasteiger partial charge in [0.05, 0.1) is 12.9 Å². The van der Waals surface area contributed by atoms with Crippen LogP contribution in [0.25, 0.3) is 11.2 Å². The molecular formula is C12H15F3N4O3. The zero-order valence-electron chi connectivity index (χ0n) is 12.0. The molecule has 0 aliphatic heterocycles. The molecule has 0 bridgehead atoms. The summed E-state index contributed by atoms with van der Waals surface area (Å²) in [6.07, 6.45) is -5.67. The third-order valence-electron chi connectivity index (χ3n) is 3.30. The molecule has 7 nitrogen and oxygen atoms in total. The normalized spacial score (nSPS) is 13.7. The lowest BCUT2D eigenvalue weighted by atomic mass is 10.3. The molecule has 10 heteroatoms. The highest BCUT2D eigenvalue weighted by atomic mass is 19.4. The largest absolute Gasteiger partial charge is 0.416 e. The minimum absolute atomic E-state index is 0.0401. The molecule has 0 spiro atoms. The number of imidazole rings is 1. The van der Waals surface area contributed by atoms with Crippen molar-refractivity contribution in [3.63, 3.8) is 0 Å². The van der Waals surface area contributed by atoms with E-state index in [1.54, 1.807) is 0 Å². The molecule has 0 amide bonds. The van der Waals surface area contributed by atoms with Gasteiger partial charge in [-0.25, -0.2) is 9.78 Å². The number of alkyl halides is 3. The van der Waals surface area contributed by atoms with Crippen molar-refractivity contribution < 1.29 is 18.3 Å². The van der Waals surface area contributed by atoms with Crippen molar-refractivity contribution in [1.82, 2.24) is 18.7 Å². The molecule has 0 aliphatic rings. The van der Waals surface area contributed by atoms with Gasteiger partial charge < -0.3 is 9.67 Å². The summed E-state index contributed by atoms with van der Waals surface area (Å²) < 4.78 is 40.2. The van der Waals surface area contributed by atoms with Gasteiger partial charge in [0.1, 0.15) is 0 Å². The van der Waals surface area contributed by atoms with Gasteiger partial charge in [-0.3, -0.25) is 13.9 Å². The van der Waals surface area contributed by atoms with Gasteiger partial charge >= 0.3 is 11.9 Å². The van der Waals surface area contributed by atoms with Crippen molar-refractivity contribution in [1.29, 1.82) is 0 Å². The van der Waals surface area contributed by atoms with Crippen molar-refractivity contribution in [3.05, 3.63) is 27.2 Å². The highest BCUT2D eigenvalue weighted by Crippen LogP contribution is 2.20. The third kappa shape index (κ3) is 2.65. The summed E-state index contributed by atoms with van der Waals surface area (Å²) in [5, 5.41) is 9.12. The number of hydrogen-bond acceptors (Lipinski definition) is 4. The Labute approximate surface area is 122 Å². The molecule has 0 radical (unpaired) electrons. The van der Waals surface area contributed by atoms with Crippen molar-refractivity contribution in [2.24, 2.45) is 7.05 Å². The Kier molecular flexibility index (Phi) is 4.14. The van der Waals surface area contributed by atoms with E-state index in [0.717, 1.165) is 4.57 Å². The first-order chi connectivity index (χ1) is 10.2. The SMILES string of the molecule is CCCn1cnc2c1c(=O)n(CC(O)C(F)(F)F)c(=O)n2C. The summed E-state index contributed by atoms with van der Waals surface area (Å²) in [6.45, 7) is 1.15. The smallest absolute Gasteiger partial charge is 0.382 e. The number of aromatic nitrogens is 4. The molecule has 122 valence electrons. The molecule has 2 rings (SSSR count). The number of aryl methyl sites for hydroxylation is 2. The van der Waals surface area contributed by atoms with Gasteiger partial charge in [0, 0.05) is 13.6 Å². The summed E-state index contributed by atoms with van der Waals surface area (Å²) in [5.41, 5.74) is -1.71. The molecule has 0 saturated carbocycles. The van der Waals surface area contributed by atoms with E-state index in [2.05, 4.69) is 4.98 Å². The molecule has 1 atom stereocenters.